The van der Waals surface area contributed by atoms with E-state index in [1.54, 1.807) is 7.11 Å². The molecular weight excluding hydrogens is 194 g/mol. The maximum absolute atomic E-state index is 11.3. The van der Waals surface area contributed by atoms with E-state index in [0.29, 0.717) is 19.4 Å². The zero-order valence-electron chi connectivity index (χ0n) is 10.2. The normalized spacial score (nSPS) is 13.7. The fraction of sp³-hybridized carbons (Fsp3) is 0.909. The minimum absolute atomic E-state index is 0.255. The van der Waals surface area contributed by atoms with Crippen molar-refractivity contribution in [3.8, 4) is 0 Å². The number of carbonyl (C=O) groups excluding carboxylic acids is 1. The lowest BCUT2D eigenvalue weighted by Gasteiger charge is -2.22. The van der Waals surface area contributed by atoms with Crippen molar-refractivity contribution in [3.05, 3.63) is 0 Å². The average Bonchev–Trinajstić information content (AvgIpc) is 2.18. The van der Waals surface area contributed by atoms with E-state index in [2.05, 4.69) is 0 Å². The molecule has 0 amide bonds. The van der Waals surface area contributed by atoms with Crippen molar-refractivity contribution in [3.63, 3.8) is 0 Å². The summed E-state index contributed by atoms with van der Waals surface area (Å²) in [5.74, 6) is -0.316. The van der Waals surface area contributed by atoms with Crippen molar-refractivity contribution in [1.82, 2.24) is 0 Å². The summed E-state index contributed by atoms with van der Waals surface area (Å²) in [4.78, 5) is 11.3. The van der Waals surface area contributed by atoms with Gasteiger partial charge in [-0.3, -0.25) is 4.79 Å². The first-order valence-electron chi connectivity index (χ1n) is 5.40. The molecule has 0 heterocycles. The Bertz CT molecular complexity index is 192. The lowest BCUT2D eigenvalue weighted by Crippen LogP contribution is -2.33. The van der Waals surface area contributed by atoms with Crippen LogP contribution in [0.3, 0.4) is 0 Å². The first-order valence-corrected chi connectivity index (χ1v) is 5.40. The Morgan fingerprint density at radius 1 is 1.47 bits per heavy atom. The minimum atomic E-state index is -0.486. The van der Waals surface area contributed by atoms with Crippen molar-refractivity contribution in [2.75, 3.05) is 13.7 Å². The second-order valence-corrected chi connectivity index (χ2v) is 4.28. The SMILES string of the molecule is CCCC(N)C(=O)OCCC(C)(C)OC. The molecule has 0 aliphatic rings. The molecule has 1 atom stereocenters. The Morgan fingerprint density at radius 3 is 2.53 bits per heavy atom. The number of carbonyl (C=O) groups is 1. The molecule has 90 valence electrons. The fourth-order valence-corrected chi connectivity index (χ4v) is 1.04. The Kier molecular flexibility index (Phi) is 6.52. The molecule has 0 fully saturated rings. The highest BCUT2D eigenvalue weighted by Crippen LogP contribution is 2.12. The fourth-order valence-electron chi connectivity index (χ4n) is 1.04. The molecule has 0 radical (unpaired) electrons. The Morgan fingerprint density at radius 2 is 2.07 bits per heavy atom. The van der Waals surface area contributed by atoms with Crippen molar-refractivity contribution in [1.29, 1.82) is 0 Å². The van der Waals surface area contributed by atoms with Gasteiger partial charge in [-0.15, -0.1) is 0 Å². The standard InChI is InChI=1S/C11H23NO3/c1-5-6-9(12)10(13)15-8-7-11(2,3)14-4/h9H,5-8,12H2,1-4H3. The van der Waals surface area contributed by atoms with Gasteiger partial charge in [0.1, 0.15) is 6.04 Å². The van der Waals surface area contributed by atoms with Crippen LogP contribution in [0, 0.1) is 0 Å². The Labute approximate surface area is 92.1 Å². The third-order valence-corrected chi connectivity index (χ3v) is 2.40. The minimum Gasteiger partial charge on any atom is -0.464 e. The molecule has 0 rings (SSSR count). The summed E-state index contributed by atoms with van der Waals surface area (Å²) in [6.07, 6.45) is 2.24. The molecule has 0 saturated heterocycles. The van der Waals surface area contributed by atoms with Crippen molar-refractivity contribution in [2.24, 2.45) is 5.73 Å². The van der Waals surface area contributed by atoms with E-state index in [-0.39, 0.29) is 11.6 Å². The summed E-state index contributed by atoms with van der Waals surface area (Å²) < 4.78 is 10.3. The van der Waals surface area contributed by atoms with E-state index in [4.69, 9.17) is 15.2 Å². The van der Waals surface area contributed by atoms with Gasteiger partial charge in [-0.05, 0) is 20.3 Å². The predicted molar refractivity (Wildman–Crippen MR) is 59.5 cm³/mol. The van der Waals surface area contributed by atoms with Crippen LogP contribution < -0.4 is 5.73 Å². The molecule has 0 aliphatic carbocycles. The van der Waals surface area contributed by atoms with Crippen molar-refractivity contribution >= 4 is 5.97 Å². The molecule has 1 unspecified atom stereocenters. The number of esters is 1. The summed E-state index contributed by atoms with van der Waals surface area (Å²) in [6.45, 7) is 6.25. The van der Waals surface area contributed by atoms with Crippen LogP contribution in [-0.2, 0) is 14.3 Å². The van der Waals surface area contributed by atoms with Crippen LogP contribution >= 0.6 is 0 Å². The molecule has 2 N–H and O–H groups in total. The van der Waals surface area contributed by atoms with E-state index in [1.807, 2.05) is 20.8 Å². The van der Waals surface area contributed by atoms with Gasteiger partial charge in [0.05, 0.1) is 12.2 Å². The molecule has 4 heteroatoms. The first kappa shape index (κ1) is 14.4. The van der Waals surface area contributed by atoms with Gasteiger partial charge < -0.3 is 15.2 Å². The summed E-state index contributed by atoms with van der Waals surface area (Å²) in [5, 5.41) is 0. The zero-order valence-corrected chi connectivity index (χ0v) is 10.2. The van der Waals surface area contributed by atoms with Crippen LogP contribution in [-0.4, -0.2) is 31.3 Å². The number of nitrogens with two attached hydrogens (primary N) is 1. The molecule has 15 heavy (non-hydrogen) atoms. The molecule has 0 aromatic rings. The Balaban J connectivity index is 3.72. The van der Waals surface area contributed by atoms with Gasteiger partial charge in [-0.2, -0.15) is 0 Å². The third kappa shape index (κ3) is 6.47. The van der Waals surface area contributed by atoms with Crippen molar-refractivity contribution < 1.29 is 14.3 Å². The van der Waals surface area contributed by atoms with Gasteiger partial charge in [0, 0.05) is 13.5 Å². The number of ether oxygens (including phenoxy) is 2. The van der Waals surface area contributed by atoms with E-state index in [9.17, 15) is 4.79 Å². The van der Waals surface area contributed by atoms with E-state index in [0.717, 1.165) is 6.42 Å². The molecule has 0 saturated carbocycles. The second-order valence-electron chi connectivity index (χ2n) is 4.28. The van der Waals surface area contributed by atoms with Crippen LogP contribution in [0.5, 0.6) is 0 Å². The maximum Gasteiger partial charge on any atom is 0.322 e. The summed E-state index contributed by atoms with van der Waals surface area (Å²) in [5.41, 5.74) is 5.35. The molecule has 0 aromatic heterocycles. The van der Waals surface area contributed by atoms with Gasteiger partial charge in [0.25, 0.3) is 0 Å². The van der Waals surface area contributed by atoms with Crippen molar-refractivity contribution in [2.45, 2.75) is 51.7 Å². The number of methoxy groups -OCH3 is 1. The monoisotopic (exact) mass is 217 g/mol. The molecule has 0 bridgehead atoms. The highest BCUT2D eigenvalue weighted by molar-refractivity contribution is 5.75. The Hall–Kier alpha value is -0.610. The summed E-state index contributed by atoms with van der Waals surface area (Å²) in [6, 6.07) is -0.486. The van der Waals surface area contributed by atoms with Crippen LogP contribution in [0.25, 0.3) is 0 Å². The molecule has 0 spiro atoms. The van der Waals surface area contributed by atoms with E-state index in [1.165, 1.54) is 0 Å². The zero-order chi connectivity index (χ0) is 11.9. The lowest BCUT2D eigenvalue weighted by atomic mass is 10.1. The van der Waals surface area contributed by atoms with Gasteiger partial charge in [-0.25, -0.2) is 0 Å². The second kappa shape index (κ2) is 6.80. The smallest absolute Gasteiger partial charge is 0.322 e. The quantitative estimate of drug-likeness (QED) is 0.656. The van der Waals surface area contributed by atoms with E-state index < -0.39 is 6.04 Å². The third-order valence-electron chi connectivity index (χ3n) is 2.40. The number of hydrogen-bond donors (Lipinski definition) is 1. The van der Waals surface area contributed by atoms with Gasteiger partial charge >= 0.3 is 5.97 Å². The largest absolute Gasteiger partial charge is 0.464 e. The van der Waals surface area contributed by atoms with Crippen LogP contribution in [0.1, 0.15) is 40.0 Å². The molecular formula is C11H23NO3. The van der Waals surface area contributed by atoms with Gasteiger partial charge in [0.15, 0.2) is 0 Å². The van der Waals surface area contributed by atoms with Crippen LogP contribution in [0.2, 0.25) is 0 Å². The lowest BCUT2D eigenvalue weighted by molar-refractivity contribution is -0.146. The van der Waals surface area contributed by atoms with Gasteiger partial charge in [0.2, 0.25) is 0 Å². The molecule has 0 aromatic carbocycles. The summed E-state index contributed by atoms with van der Waals surface area (Å²) in [7, 11) is 1.64. The molecule has 4 nitrogen and oxygen atoms in total. The van der Waals surface area contributed by atoms with Crippen LogP contribution in [0.15, 0.2) is 0 Å². The predicted octanol–water partition coefficient (Wildman–Crippen LogP) is 1.47. The topological polar surface area (TPSA) is 61.6 Å². The highest BCUT2D eigenvalue weighted by Gasteiger charge is 2.18. The number of hydrogen-bond acceptors (Lipinski definition) is 4. The summed E-state index contributed by atoms with van der Waals surface area (Å²) >= 11 is 0. The number of rotatable bonds is 7. The van der Waals surface area contributed by atoms with E-state index >= 15 is 0 Å². The van der Waals surface area contributed by atoms with Crippen LogP contribution in [0.4, 0.5) is 0 Å². The maximum atomic E-state index is 11.3. The highest BCUT2D eigenvalue weighted by atomic mass is 16.5. The first-order chi connectivity index (χ1) is 6.93. The van der Waals surface area contributed by atoms with Gasteiger partial charge in [-0.1, -0.05) is 13.3 Å². The average molecular weight is 217 g/mol. The molecule has 0 aliphatic heterocycles.